The fourth-order valence-electron chi connectivity index (χ4n) is 2.93. The van der Waals surface area contributed by atoms with Gasteiger partial charge < -0.3 is 4.90 Å². The van der Waals surface area contributed by atoms with Crippen LogP contribution in [0.5, 0.6) is 0 Å². The van der Waals surface area contributed by atoms with E-state index in [1.54, 1.807) is 16.6 Å². The maximum atomic E-state index is 12.8. The van der Waals surface area contributed by atoms with Crippen LogP contribution >= 0.6 is 0 Å². The summed E-state index contributed by atoms with van der Waals surface area (Å²) in [7, 11) is 3.65. The predicted octanol–water partition coefficient (Wildman–Crippen LogP) is 1.94. The molecule has 1 atom stereocenters. The highest BCUT2D eigenvalue weighted by Gasteiger charge is 2.34. The quantitative estimate of drug-likeness (QED) is 0.851. The van der Waals surface area contributed by atoms with Crippen molar-refractivity contribution in [2.75, 3.05) is 25.0 Å². The molecule has 0 spiro atoms. The Bertz CT molecular complexity index is 699. The van der Waals surface area contributed by atoms with Crippen LogP contribution < -0.4 is 4.90 Å². The summed E-state index contributed by atoms with van der Waals surface area (Å²) in [5, 5.41) is 4.36. The van der Waals surface area contributed by atoms with Crippen LogP contribution in [0, 0.1) is 0 Å². The lowest BCUT2D eigenvalue weighted by Gasteiger charge is -2.26. The van der Waals surface area contributed by atoms with Gasteiger partial charge >= 0.3 is 6.18 Å². The summed E-state index contributed by atoms with van der Waals surface area (Å²) in [4.78, 5) is 11.3. The number of hydrogen-bond donors (Lipinski definition) is 0. The molecular weight excluding hydrogens is 321 g/mol. The highest BCUT2D eigenvalue weighted by molar-refractivity contribution is 5.40. The van der Waals surface area contributed by atoms with Crippen LogP contribution in [0.1, 0.15) is 17.8 Å². The predicted molar refractivity (Wildman–Crippen MR) is 82.3 cm³/mol. The Morgan fingerprint density at radius 2 is 2.12 bits per heavy atom. The molecule has 130 valence electrons. The second-order valence-corrected chi connectivity index (χ2v) is 6.03. The van der Waals surface area contributed by atoms with E-state index in [1.807, 2.05) is 19.3 Å². The van der Waals surface area contributed by atoms with Gasteiger partial charge in [0.05, 0.1) is 5.69 Å². The van der Waals surface area contributed by atoms with Gasteiger partial charge in [0.2, 0.25) is 0 Å². The largest absolute Gasteiger partial charge is 0.433 e. The number of aromatic nitrogens is 4. The van der Waals surface area contributed by atoms with Crippen LogP contribution in [0.25, 0.3) is 0 Å². The molecule has 0 aromatic carbocycles. The second-order valence-electron chi connectivity index (χ2n) is 6.03. The lowest BCUT2D eigenvalue weighted by atomic mass is 10.2. The number of rotatable bonds is 4. The van der Waals surface area contributed by atoms with E-state index in [4.69, 9.17) is 0 Å². The van der Waals surface area contributed by atoms with Crippen LogP contribution in [0.15, 0.2) is 24.7 Å². The first-order valence-corrected chi connectivity index (χ1v) is 7.66. The van der Waals surface area contributed by atoms with Crippen molar-refractivity contribution in [3.8, 4) is 0 Å². The number of halogens is 3. The molecule has 6 nitrogen and oxygen atoms in total. The molecule has 0 bridgehead atoms. The zero-order valence-corrected chi connectivity index (χ0v) is 13.5. The molecule has 0 N–H and O–H groups in total. The maximum Gasteiger partial charge on any atom is 0.433 e. The first-order chi connectivity index (χ1) is 11.3. The lowest BCUT2D eigenvalue weighted by Crippen LogP contribution is -2.35. The van der Waals surface area contributed by atoms with E-state index in [9.17, 15) is 13.2 Å². The van der Waals surface area contributed by atoms with Crippen LogP contribution in [-0.2, 0) is 19.8 Å². The molecule has 1 unspecified atom stereocenters. The summed E-state index contributed by atoms with van der Waals surface area (Å²) in [6.45, 7) is 2.38. The van der Waals surface area contributed by atoms with Crippen molar-refractivity contribution in [1.82, 2.24) is 24.6 Å². The smallest absolute Gasteiger partial charge is 0.355 e. The summed E-state index contributed by atoms with van der Waals surface area (Å²) in [6.07, 6.45) is -0.724. The number of alkyl halides is 3. The molecular formula is C15H19F3N6. The Kier molecular flexibility index (Phi) is 4.44. The molecule has 24 heavy (non-hydrogen) atoms. The maximum absolute atomic E-state index is 12.8. The third-order valence-corrected chi connectivity index (χ3v) is 4.25. The van der Waals surface area contributed by atoms with Crippen molar-refractivity contribution < 1.29 is 13.2 Å². The Balaban J connectivity index is 1.65. The Morgan fingerprint density at radius 3 is 2.79 bits per heavy atom. The minimum Gasteiger partial charge on any atom is -0.355 e. The summed E-state index contributed by atoms with van der Waals surface area (Å²) < 4.78 is 40.1. The fourth-order valence-corrected chi connectivity index (χ4v) is 2.93. The molecule has 0 saturated carbocycles. The molecule has 3 heterocycles. The van der Waals surface area contributed by atoms with Gasteiger partial charge in [-0.1, -0.05) is 0 Å². The normalized spacial score (nSPS) is 19.0. The molecule has 2 aromatic heterocycles. The molecule has 2 aromatic rings. The molecule has 1 aliphatic heterocycles. The Labute approximate surface area is 137 Å². The van der Waals surface area contributed by atoms with E-state index in [0.29, 0.717) is 5.82 Å². The van der Waals surface area contributed by atoms with E-state index < -0.39 is 11.9 Å². The van der Waals surface area contributed by atoms with Gasteiger partial charge in [-0.05, 0) is 12.5 Å². The number of nitrogens with zero attached hydrogens (tertiary/aromatic N) is 6. The zero-order chi connectivity index (χ0) is 17.3. The highest BCUT2D eigenvalue weighted by atomic mass is 19.4. The number of aryl methyl sites for hydroxylation is 1. The second kappa shape index (κ2) is 6.39. The van der Waals surface area contributed by atoms with E-state index >= 15 is 0 Å². The van der Waals surface area contributed by atoms with Gasteiger partial charge in [-0.3, -0.25) is 9.58 Å². The monoisotopic (exact) mass is 340 g/mol. The summed E-state index contributed by atoms with van der Waals surface area (Å²) >= 11 is 0. The van der Waals surface area contributed by atoms with Crippen molar-refractivity contribution in [3.05, 3.63) is 36.0 Å². The van der Waals surface area contributed by atoms with Gasteiger partial charge in [0.25, 0.3) is 0 Å². The lowest BCUT2D eigenvalue weighted by molar-refractivity contribution is -0.141. The fraction of sp³-hybridized carbons (Fsp3) is 0.533. The van der Waals surface area contributed by atoms with E-state index in [2.05, 4.69) is 20.0 Å². The topological polar surface area (TPSA) is 50.1 Å². The number of likely N-dealkylation sites (N-methyl/N-ethyl adjacent to an activating group) is 1. The summed E-state index contributed by atoms with van der Waals surface area (Å²) in [5.74, 6) is 0.294. The van der Waals surface area contributed by atoms with Crippen molar-refractivity contribution in [1.29, 1.82) is 0 Å². The van der Waals surface area contributed by atoms with Crippen LogP contribution in [-0.4, -0.2) is 50.8 Å². The number of anilines is 1. The van der Waals surface area contributed by atoms with E-state index in [1.165, 1.54) is 0 Å². The zero-order valence-electron chi connectivity index (χ0n) is 13.5. The minimum atomic E-state index is -4.46. The van der Waals surface area contributed by atoms with Crippen molar-refractivity contribution >= 4 is 5.82 Å². The molecule has 1 aliphatic rings. The first-order valence-electron chi connectivity index (χ1n) is 7.66. The van der Waals surface area contributed by atoms with Gasteiger partial charge in [-0.25, -0.2) is 9.97 Å². The van der Waals surface area contributed by atoms with E-state index in [-0.39, 0.29) is 6.04 Å². The number of likely N-dealkylation sites (tertiary alicyclic amines) is 1. The summed E-state index contributed by atoms with van der Waals surface area (Å²) in [5.41, 5.74) is 0.0740. The van der Waals surface area contributed by atoms with Gasteiger partial charge in [0.1, 0.15) is 17.8 Å². The third kappa shape index (κ3) is 3.66. The minimum absolute atomic E-state index is 0.115. The molecule has 0 radical (unpaired) electrons. The van der Waals surface area contributed by atoms with Gasteiger partial charge in [0, 0.05) is 52.0 Å². The average molecular weight is 340 g/mol. The SMILES string of the molecule is CN(c1cc(C(F)(F)F)ncn1)C1CCN(Cc2ccn(C)n2)C1. The van der Waals surface area contributed by atoms with Crippen molar-refractivity contribution in [2.24, 2.45) is 7.05 Å². The van der Waals surface area contributed by atoms with Crippen LogP contribution in [0.3, 0.4) is 0 Å². The van der Waals surface area contributed by atoms with E-state index in [0.717, 1.165) is 44.1 Å². The van der Waals surface area contributed by atoms with Crippen LogP contribution in [0.4, 0.5) is 19.0 Å². The molecule has 3 rings (SSSR count). The van der Waals surface area contributed by atoms with Crippen molar-refractivity contribution in [3.63, 3.8) is 0 Å². The highest BCUT2D eigenvalue weighted by Crippen LogP contribution is 2.29. The molecule has 0 amide bonds. The van der Waals surface area contributed by atoms with Gasteiger partial charge in [-0.15, -0.1) is 0 Å². The number of hydrogen-bond acceptors (Lipinski definition) is 5. The molecule has 9 heteroatoms. The standard InChI is InChI=1S/C15H19F3N6/c1-22-5-3-11(21-22)8-24-6-4-12(9-24)23(2)14-7-13(15(16,17)18)19-10-20-14/h3,5,7,10,12H,4,6,8-9H2,1-2H3. The molecule has 1 fully saturated rings. The Hall–Kier alpha value is -2.16. The van der Waals surface area contributed by atoms with Crippen LogP contribution in [0.2, 0.25) is 0 Å². The van der Waals surface area contributed by atoms with Gasteiger partial charge in [0.15, 0.2) is 0 Å². The first kappa shape index (κ1) is 16.7. The molecule has 0 aliphatic carbocycles. The third-order valence-electron chi connectivity index (χ3n) is 4.25. The average Bonchev–Trinajstić information content (AvgIpc) is 3.15. The molecule has 1 saturated heterocycles. The van der Waals surface area contributed by atoms with Gasteiger partial charge in [-0.2, -0.15) is 18.3 Å². The summed E-state index contributed by atoms with van der Waals surface area (Å²) in [6, 6.07) is 3.09. The van der Waals surface area contributed by atoms with Crippen molar-refractivity contribution in [2.45, 2.75) is 25.2 Å². The Morgan fingerprint density at radius 1 is 1.33 bits per heavy atom.